The topological polar surface area (TPSA) is 21.3 Å². The summed E-state index contributed by atoms with van der Waals surface area (Å²) >= 11 is 1.86. The van der Waals surface area contributed by atoms with Crippen molar-refractivity contribution < 1.29 is 4.42 Å². The summed E-state index contributed by atoms with van der Waals surface area (Å²) in [5.41, 5.74) is 12.9. The highest BCUT2D eigenvalue weighted by molar-refractivity contribution is 7.25. The average Bonchev–Trinajstić information content (AvgIpc) is 4.01. The molecule has 13 rings (SSSR count). The Morgan fingerprint density at radius 3 is 1.84 bits per heavy atom. The van der Waals surface area contributed by atoms with Gasteiger partial charge in [0.05, 0.1) is 22.4 Å². The Labute approximate surface area is 361 Å². The summed E-state index contributed by atoms with van der Waals surface area (Å²) in [5, 5.41) is 9.61. The zero-order chi connectivity index (χ0) is 40.7. The smallest absolute Gasteiger partial charge is 0.143 e. The lowest BCUT2D eigenvalue weighted by Crippen LogP contribution is -2.11. The van der Waals surface area contributed by atoms with Gasteiger partial charge in [-0.1, -0.05) is 146 Å². The quantitative estimate of drug-likeness (QED) is 0.167. The van der Waals surface area contributed by atoms with Crippen molar-refractivity contribution >= 4 is 103 Å². The predicted octanol–water partition coefficient (Wildman–Crippen LogP) is 17.0. The molecular weight excluding hydrogens is 773 g/mol. The highest BCUT2D eigenvalue weighted by atomic mass is 32.1. The van der Waals surface area contributed by atoms with Crippen LogP contribution in [0.25, 0.3) is 103 Å². The molecule has 0 amide bonds. The molecule has 290 valence electrons. The van der Waals surface area contributed by atoms with Crippen LogP contribution in [0.2, 0.25) is 0 Å². The fourth-order valence-electron chi connectivity index (χ4n) is 9.76. The number of rotatable bonds is 6. The van der Waals surface area contributed by atoms with Crippen LogP contribution in [0.1, 0.15) is 0 Å². The first-order valence-electron chi connectivity index (χ1n) is 21.1. The molecule has 0 unspecified atom stereocenters. The minimum atomic E-state index is 0.867. The van der Waals surface area contributed by atoms with E-state index in [1.165, 1.54) is 63.9 Å². The lowest BCUT2D eigenvalue weighted by atomic mass is 9.97. The summed E-state index contributed by atoms with van der Waals surface area (Å²) in [7, 11) is 0. The molecule has 0 aliphatic heterocycles. The molecule has 10 aromatic carbocycles. The van der Waals surface area contributed by atoms with Crippen molar-refractivity contribution in [1.29, 1.82) is 0 Å². The second-order valence-electron chi connectivity index (χ2n) is 16.0. The molecule has 0 N–H and O–H groups in total. The summed E-state index contributed by atoms with van der Waals surface area (Å²) in [4.78, 5) is 2.43. The van der Waals surface area contributed by atoms with Crippen molar-refractivity contribution in [3.05, 3.63) is 218 Å². The Morgan fingerprint density at radius 2 is 1.02 bits per heavy atom. The first-order chi connectivity index (χ1) is 30.7. The van der Waals surface area contributed by atoms with Gasteiger partial charge in [-0.15, -0.1) is 11.3 Å². The molecule has 0 saturated heterocycles. The Morgan fingerprint density at radius 1 is 0.387 bits per heavy atom. The molecule has 4 heteroatoms. The molecule has 3 aromatic heterocycles. The maximum atomic E-state index is 6.89. The van der Waals surface area contributed by atoms with E-state index in [1.54, 1.807) is 0 Å². The summed E-state index contributed by atoms with van der Waals surface area (Å²) in [6, 6.07) is 79.3. The van der Waals surface area contributed by atoms with E-state index in [0.717, 1.165) is 55.8 Å². The number of nitrogens with zero attached hydrogens (tertiary/aromatic N) is 2. The SMILES string of the molecule is c1ccc(-n2c3ccccc3c3ccccc32)c(-c2cc(N(c3ccc(-c4ccc5sc6ccccc6c5c4)cc3)c3cccc4ccccc34)cc3c2oc2ccccc23)c1. The van der Waals surface area contributed by atoms with E-state index >= 15 is 0 Å². The lowest BCUT2D eigenvalue weighted by Gasteiger charge is -2.28. The molecule has 0 aliphatic carbocycles. The number of fused-ring (bicyclic) bond motifs is 10. The van der Waals surface area contributed by atoms with Gasteiger partial charge < -0.3 is 13.9 Å². The Balaban J connectivity index is 1.05. The minimum Gasteiger partial charge on any atom is -0.455 e. The van der Waals surface area contributed by atoms with Crippen molar-refractivity contribution in [2.24, 2.45) is 0 Å². The molecule has 0 aliphatic rings. The van der Waals surface area contributed by atoms with E-state index < -0.39 is 0 Å². The van der Waals surface area contributed by atoms with Crippen LogP contribution in [-0.4, -0.2) is 4.57 Å². The zero-order valence-electron chi connectivity index (χ0n) is 33.5. The number of aromatic nitrogens is 1. The van der Waals surface area contributed by atoms with Gasteiger partial charge in [0.1, 0.15) is 11.2 Å². The molecule has 0 fully saturated rings. The van der Waals surface area contributed by atoms with Crippen molar-refractivity contribution in [3.8, 4) is 27.9 Å². The third-order valence-corrected chi connectivity index (χ3v) is 13.7. The molecule has 0 spiro atoms. The molecule has 3 nitrogen and oxygen atoms in total. The van der Waals surface area contributed by atoms with Gasteiger partial charge in [-0.25, -0.2) is 0 Å². The average molecular weight is 809 g/mol. The monoisotopic (exact) mass is 808 g/mol. The van der Waals surface area contributed by atoms with E-state index in [4.69, 9.17) is 4.42 Å². The van der Waals surface area contributed by atoms with Gasteiger partial charge in [0.25, 0.3) is 0 Å². The number of furan rings is 1. The van der Waals surface area contributed by atoms with Gasteiger partial charge in [-0.3, -0.25) is 0 Å². The van der Waals surface area contributed by atoms with Crippen LogP contribution in [-0.2, 0) is 0 Å². The minimum absolute atomic E-state index is 0.867. The van der Waals surface area contributed by atoms with Crippen LogP contribution in [0.4, 0.5) is 17.1 Å². The van der Waals surface area contributed by atoms with Gasteiger partial charge in [0.2, 0.25) is 0 Å². The van der Waals surface area contributed by atoms with Gasteiger partial charge in [0.15, 0.2) is 0 Å². The zero-order valence-corrected chi connectivity index (χ0v) is 34.3. The lowest BCUT2D eigenvalue weighted by molar-refractivity contribution is 0.670. The van der Waals surface area contributed by atoms with E-state index in [0.29, 0.717) is 0 Å². The molecule has 0 atom stereocenters. The fraction of sp³-hybridized carbons (Fsp3) is 0. The normalized spacial score (nSPS) is 11.9. The largest absolute Gasteiger partial charge is 0.455 e. The van der Waals surface area contributed by atoms with Crippen LogP contribution >= 0.6 is 11.3 Å². The van der Waals surface area contributed by atoms with Crippen molar-refractivity contribution in [2.45, 2.75) is 0 Å². The number of benzene rings is 10. The number of hydrogen-bond acceptors (Lipinski definition) is 3. The maximum Gasteiger partial charge on any atom is 0.143 e. The fourth-order valence-corrected chi connectivity index (χ4v) is 10.8. The standard InChI is InChI=1S/C58H36N2OS/c1-2-16-42-38(14-1)15-13-25-51(42)59(40-31-28-37(29-32-40)39-30-33-57-48(34-39)47-21-7-12-27-56(47)62-57)41-35-49(58-50(36-41)46-20-6-11-26-55(46)61-58)45-19-5-10-24-54(45)60-52-22-8-3-17-43(52)44-18-4-9-23-53(44)60/h1-36H. The van der Waals surface area contributed by atoms with Gasteiger partial charge >= 0.3 is 0 Å². The predicted molar refractivity (Wildman–Crippen MR) is 264 cm³/mol. The summed E-state index contributed by atoms with van der Waals surface area (Å²) < 4.78 is 11.9. The number of para-hydroxylation sites is 4. The second kappa shape index (κ2) is 13.8. The number of hydrogen-bond donors (Lipinski definition) is 0. The summed E-state index contributed by atoms with van der Waals surface area (Å²) in [5.74, 6) is 0. The van der Waals surface area contributed by atoms with Crippen LogP contribution in [0, 0.1) is 0 Å². The first-order valence-corrected chi connectivity index (χ1v) is 21.9. The Hall–Kier alpha value is -7.92. The maximum absolute atomic E-state index is 6.89. The van der Waals surface area contributed by atoms with Crippen molar-refractivity contribution in [3.63, 3.8) is 0 Å². The molecule has 0 radical (unpaired) electrons. The number of anilines is 3. The molecule has 0 bridgehead atoms. The van der Waals surface area contributed by atoms with Crippen molar-refractivity contribution in [2.75, 3.05) is 4.90 Å². The Bertz CT molecular complexity index is 3830. The highest BCUT2D eigenvalue weighted by Crippen LogP contribution is 2.47. The van der Waals surface area contributed by atoms with Crippen molar-refractivity contribution in [1.82, 2.24) is 4.57 Å². The summed E-state index contributed by atoms with van der Waals surface area (Å²) in [6.07, 6.45) is 0. The van der Waals surface area contributed by atoms with Crippen LogP contribution < -0.4 is 4.90 Å². The van der Waals surface area contributed by atoms with Gasteiger partial charge in [0, 0.05) is 69.6 Å². The molecular formula is C58H36N2OS. The molecule has 62 heavy (non-hydrogen) atoms. The first kappa shape index (κ1) is 34.9. The van der Waals surface area contributed by atoms with Gasteiger partial charge in [-0.05, 0) is 89.3 Å². The van der Waals surface area contributed by atoms with E-state index in [9.17, 15) is 0 Å². The molecule has 0 saturated carbocycles. The van der Waals surface area contributed by atoms with E-state index in [2.05, 4.69) is 228 Å². The van der Waals surface area contributed by atoms with Gasteiger partial charge in [-0.2, -0.15) is 0 Å². The van der Waals surface area contributed by atoms with Crippen LogP contribution in [0.3, 0.4) is 0 Å². The highest BCUT2D eigenvalue weighted by Gasteiger charge is 2.23. The third kappa shape index (κ3) is 5.37. The molecule has 13 aromatic rings. The second-order valence-corrected chi connectivity index (χ2v) is 17.1. The van der Waals surface area contributed by atoms with E-state index in [1.807, 2.05) is 11.3 Å². The number of thiophene rings is 1. The van der Waals surface area contributed by atoms with Crippen LogP contribution in [0.15, 0.2) is 223 Å². The van der Waals surface area contributed by atoms with Crippen LogP contribution in [0.5, 0.6) is 0 Å². The summed E-state index contributed by atoms with van der Waals surface area (Å²) in [6.45, 7) is 0. The Kier molecular flexibility index (Phi) is 7.78. The third-order valence-electron chi connectivity index (χ3n) is 12.6. The molecule has 3 heterocycles. The van der Waals surface area contributed by atoms with E-state index in [-0.39, 0.29) is 0 Å².